The average Bonchev–Trinajstić information content (AvgIpc) is 3.05. The molecule has 0 aliphatic carbocycles. The third kappa shape index (κ3) is 5.07. The third-order valence-electron chi connectivity index (χ3n) is 3.85. The summed E-state index contributed by atoms with van der Waals surface area (Å²) in [6, 6.07) is 7.33. The molecule has 0 amide bonds. The van der Waals surface area contributed by atoms with E-state index in [9.17, 15) is 0 Å². The van der Waals surface area contributed by atoms with Crippen molar-refractivity contribution in [1.82, 2.24) is 15.0 Å². The number of guanidine groups is 1. The fourth-order valence-corrected chi connectivity index (χ4v) is 2.69. The van der Waals surface area contributed by atoms with Crippen LogP contribution < -0.4 is 5.73 Å². The van der Waals surface area contributed by atoms with Crippen molar-refractivity contribution < 1.29 is 4.52 Å². The number of likely N-dealkylation sites (tertiary alicyclic amines) is 1. The van der Waals surface area contributed by atoms with Crippen molar-refractivity contribution in [1.29, 1.82) is 0 Å². The van der Waals surface area contributed by atoms with Gasteiger partial charge in [0.25, 0.3) is 0 Å². The highest BCUT2D eigenvalue weighted by atomic mass is 127. The van der Waals surface area contributed by atoms with Gasteiger partial charge in [-0.15, -0.1) is 24.0 Å². The average molecular weight is 462 g/mol. The first-order valence-electron chi connectivity index (χ1n) is 7.86. The van der Waals surface area contributed by atoms with E-state index in [0.717, 1.165) is 18.7 Å². The molecule has 0 saturated carbocycles. The summed E-state index contributed by atoms with van der Waals surface area (Å²) in [6.45, 7) is 2.54. The molecule has 1 aromatic carbocycles. The molecule has 1 saturated heterocycles. The van der Waals surface area contributed by atoms with Gasteiger partial charge in [0.1, 0.15) is 0 Å². The molecule has 2 heterocycles. The molecule has 0 radical (unpaired) electrons. The number of aliphatic imine (C=N–C) groups is 1. The van der Waals surface area contributed by atoms with Gasteiger partial charge in [0.2, 0.25) is 11.7 Å². The van der Waals surface area contributed by atoms with E-state index in [1.165, 1.54) is 19.3 Å². The summed E-state index contributed by atoms with van der Waals surface area (Å²) in [5.74, 6) is 1.73. The van der Waals surface area contributed by atoms with Crippen LogP contribution in [0.3, 0.4) is 0 Å². The monoisotopic (exact) mass is 461 g/mol. The minimum Gasteiger partial charge on any atom is -0.370 e. The predicted octanol–water partition coefficient (Wildman–Crippen LogP) is 3.35. The maximum absolute atomic E-state index is 6.02. The van der Waals surface area contributed by atoms with Gasteiger partial charge in [0, 0.05) is 30.1 Å². The lowest BCUT2D eigenvalue weighted by atomic mass is 10.1. The Morgan fingerprint density at radius 3 is 2.62 bits per heavy atom. The van der Waals surface area contributed by atoms with E-state index in [0.29, 0.717) is 35.7 Å². The zero-order valence-corrected chi connectivity index (χ0v) is 16.4. The van der Waals surface area contributed by atoms with Crippen LogP contribution in [0.1, 0.15) is 25.2 Å². The first-order valence-corrected chi connectivity index (χ1v) is 8.23. The van der Waals surface area contributed by atoms with E-state index in [-0.39, 0.29) is 24.0 Å². The Bertz CT molecular complexity index is 667. The smallest absolute Gasteiger partial charge is 0.228 e. The molecule has 0 spiro atoms. The summed E-state index contributed by atoms with van der Waals surface area (Å²) in [5.41, 5.74) is 6.90. The van der Waals surface area contributed by atoms with E-state index in [1.54, 1.807) is 12.1 Å². The van der Waals surface area contributed by atoms with Gasteiger partial charge in [-0.25, -0.2) is 0 Å². The maximum atomic E-state index is 6.02. The second-order valence-corrected chi connectivity index (χ2v) is 5.99. The zero-order chi connectivity index (χ0) is 16.1. The van der Waals surface area contributed by atoms with Crippen LogP contribution in [0.2, 0.25) is 5.02 Å². The van der Waals surface area contributed by atoms with Gasteiger partial charge in [0.15, 0.2) is 5.96 Å². The minimum atomic E-state index is 0. The second kappa shape index (κ2) is 9.22. The van der Waals surface area contributed by atoms with Gasteiger partial charge in [0.05, 0.1) is 6.54 Å². The zero-order valence-electron chi connectivity index (χ0n) is 13.3. The Labute approximate surface area is 163 Å². The molecule has 2 N–H and O–H groups in total. The lowest BCUT2D eigenvalue weighted by molar-refractivity contribution is 0.337. The minimum absolute atomic E-state index is 0. The number of aromatic nitrogens is 2. The Hall–Kier alpha value is -1.35. The Morgan fingerprint density at radius 2 is 1.92 bits per heavy atom. The molecular formula is C16H21ClIN5O. The van der Waals surface area contributed by atoms with Gasteiger partial charge < -0.3 is 15.2 Å². The Balaban J connectivity index is 0.00000208. The van der Waals surface area contributed by atoms with Gasteiger partial charge in [-0.2, -0.15) is 4.98 Å². The Kier molecular flexibility index (Phi) is 7.29. The first-order chi connectivity index (χ1) is 11.2. The fraction of sp³-hybridized carbons (Fsp3) is 0.438. The molecule has 130 valence electrons. The third-order valence-corrected chi connectivity index (χ3v) is 4.10. The van der Waals surface area contributed by atoms with Crippen LogP contribution in [-0.4, -0.2) is 40.6 Å². The molecule has 24 heavy (non-hydrogen) atoms. The topological polar surface area (TPSA) is 80.5 Å². The molecule has 0 unspecified atom stereocenters. The molecule has 1 aromatic heterocycles. The van der Waals surface area contributed by atoms with Crippen molar-refractivity contribution in [3.8, 4) is 11.4 Å². The lowest BCUT2D eigenvalue weighted by Gasteiger charge is -2.27. The van der Waals surface area contributed by atoms with Gasteiger partial charge in [-0.1, -0.05) is 16.8 Å². The van der Waals surface area contributed by atoms with E-state index in [2.05, 4.69) is 20.0 Å². The summed E-state index contributed by atoms with van der Waals surface area (Å²) in [7, 11) is 0. The number of hydrogen-bond donors (Lipinski definition) is 1. The predicted molar refractivity (Wildman–Crippen MR) is 106 cm³/mol. The molecule has 1 aliphatic heterocycles. The number of hydrogen-bond acceptors (Lipinski definition) is 4. The van der Waals surface area contributed by atoms with Crippen molar-refractivity contribution in [2.75, 3.05) is 19.6 Å². The van der Waals surface area contributed by atoms with Gasteiger partial charge in [-0.3, -0.25) is 4.99 Å². The van der Waals surface area contributed by atoms with Crippen molar-refractivity contribution in [3.63, 3.8) is 0 Å². The van der Waals surface area contributed by atoms with Crippen LogP contribution in [0.25, 0.3) is 11.4 Å². The van der Waals surface area contributed by atoms with Crippen LogP contribution in [-0.2, 0) is 6.42 Å². The fourth-order valence-electron chi connectivity index (χ4n) is 2.56. The highest BCUT2D eigenvalue weighted by molar-refractivity contribution is 14.0. The normalized spacial score (nSPS) is 15.2. The molecule has 0 bridgehead atoms. The lowest BCUT2D eigenvalue weighted by Crippen LogP contribution is -2.41. The van der Waals surface area contributed by atoms with Crippen molar-refractivity contribution >= 4 is 41.5 Å². The summed E-state index contributed by atoms with van der Waals surface area (Å²) < 4.78 is 5.26. The molecule has 0 atom stereocenters. The van der Waals surface area contributed by atoms with Crippen molar-refractivity contribution in [3.05, 3.63) is 35.2 Å². The summed E-state index contributed by atoms with van der Waals surface area (Å²) >= 11 is 5.87. The van der Waals surface area contributed by atoms with Gasteiger partial charge >= 0.3 is 0 Å². The van der Waals surface area contributed by atoms with Crippen LogP contribution in [0.15, 0.2) is 33.8 Å². The molecule has 6 nitrogen and oxygen atoms in total. The molecule has 2 aromatic rings. The standard InChI is InChI=1S/C16H20ClN5O.HI/c17-13-6-4-12(5-7-13)15-20-14(23-21-15)8-9-19-16(18)22-10-2-1-3-11-22;/h4-7H,1-3,8-11H2,(H2,18,19);1H. The van der Waals surface area contributed by atoms with Crippen molar-refractivity contribution in [2.45, 2.75) is 25.7 Å². The van der Waals surface area contributed by atoms with Crippen LogP contribution in [0.5, 0.6) is 0 Å². The highest BCUT2D eigenvalue weighted by Gasteiger charge is 2.12. The maximum Gasteiger partial charge on any atom is 0.228 e. The highest BCUT2D eigenvalue weighted by Crippen LogP contribution is 2.18. The number of nitrogens with two attached hydrogens (primary N) is 1. The molecule has 1 aliphatic rings. The number of piperidine rings is 1. The van der Waals surface area contributed by atoms with Crippen LogP contribution >= 0.6 is 35.6 Å². The van der Waals surface area contributed by atoms with E-state index < -0.39 is 0 Å². The Morgan fingerprint density at radius 1 is 1.21 bits per heavy atom. The molecule has 1 fully saturated rings. The van der Waals surface area contributed by atoms with Crippen LogP contribution in [0.4, 0.5) is 0 Å². The molecular weight excluding hydrogens is 441 g/mol. The second-order valence-electron chi connectivity index (χ2n) is 5.56. The van der Waals surface area contributed by atoms with E-state index in [4.69, 9.17) is 21.9 Å². The summed E-state index contributed by atoms with van der Waals surface area (Å²) in [6.07, 6.45) is 4.23. The van der Waals surface area contributed by atoms with Gasteiger partial charge in [-0.05, 0) is 43.5 Å². The molecule has 3 rings (SSSR count). The SMILES string of the molecule is I.NC(=NCCc1nc(-c2ccc(Cl)cc2)no1)N1CCCCC1. The largest absolute Gasteiger partial charge is 0.370 e. The molecule has 8 heteroatoms. The first kappa shape index (κ1) is 19.0. The van der Waals surface area contributed by atoms with Crippen molar-refractivity contribution in [2.24, 2.45) is 10.7 Å². The number of halogens is 2. The number of nitrogens with zero attached hydrogens (tertiary/aromatic N) is 4. The number of benzene rings is 1. The number of rotatable bonds is 4. The summed E-state index contributed by atoms with van der Waals surface area (Å²) in [5, 5.41) is 4.66. The summed E-state index contributed by atoms with van der Waals surface area (Å²) in [4.78, 5) is 10.9. The van der Waals surface area contributed by atoms with E-state index >= 15 is 0 Å². The van der Waals surface area contributed by atoms with E-state index in [1.807, 2.05) is 12.1 Å². The quantitative estimate of drug-likeness (QED) is 0.429. The van der Waals surface area contributed by atoms with Crippen LogP contribution in [0, 0.1) is 0 Å².